The quantitative estimate of drug-likeness (QED) is 0.917. The Morgan fingerprint density at radius 2 is 2.17 bits per heavy atom. The van der Waals surface area contributed by atoms with Gasteiger partial charge in [-0.25, -0.2) is 4.39 Å². The van der Waals surface area contributed by atoms with Gasteiger partial charge in [0, 0.05) is 31.8 Å². The van der Waals surface area contributed by atoms with E-state index in [9.17, 15) is 9.18 Å². The van der Waals surface area contributed by atoms with Crippen molar-refractivity contribution in [2.45, 2.75) is 38.9 Å². The van der Waals surface area contributed by atoms with Crippen LogP contribution >= 0.6 is 0 Å². The summed E-state index contributed by atoms with van der Waals surface area (Å²) in [6.07, 6.45) is 3.94. The van der Waals surface area contributed by atoms with Gasteiger partial charge in [-0.3, -0.25) is 14.7 Å². The molecule has 1 N–H and O–H groups in total. The number of carbonyl (C=O) groups is 1. The first-order chi connectivity index (χ1) is 11.6. The molecule has 5 heteroatoms. The Bertz CT molecular complexity index is 702. The second-order valence-corrected chi connectivity index (χ2v) is 6.22. The van der Waals surface area contributed by atoms with E-state index in [0.29, 0.717) is 13.1 Å². The number of nitrogens with zero attached hydrogens (tertiary/aromatic N) is 2. The molecule has 24 heavy (non-hydrogen) atoms. The zero-order valence-electron chi connectivity index (χ0n) is 13.8. The average molecular weight is 327 g/mol. The Morgan fingerprint density at radius 1 is 1.33 bits per heavy atom. The van der Waals surface area contributed by atoms with Crippen molar-refractivity contribution in [3.05, 3.63) is 65.2 Å². The van der Waals surface area contributed by atoms with E-state index in [1.54, 1.807) is 6.07 Å². The van der Waals surface area contributed by atoms with Crippen molar-refractivity contribution >= 4 is 5.91 Å². The molecule has 0 unspecified atom stereocenters. The lowest BCUT2D eigenvalue weighted by Gasteiger charge is -2.24. The molecule has 126 valence electrons. The number of hydrogen-bond acceptors (Lipinski definition) is 3. The summed E-state index contributed by atoms with van der Waals surface area (Å²) in [4.78, 5) is 17.8. The van der Waals surface area contributed by atoms with E-state index in [4.69, 9.17) is 0 Å². The van der Waals surface area contributed by atoms with Crippen molar-refractivity contribution in [1.29, 1.82) is 0 Å². The van der Waals surface area contributed by atoms with Gasteiger partial charge in [0.2, 0.25) is 5.91 Å². The second-order valence-electron chi connectivity index (χ2n) is 6.22. The molecule has 1 aromatic heterocycles. The molecule has 1 aliphatic rings. The number of amides is 1. The third-order valence-corrected chi connectivity index (χ3v) is 4.43. The van der Waals surface area contributed by atoms with E-state index in [-0.39, 0.29) is 17.8 Å². The number of aromatic nitrogens is 1. The van der Waals surface area contributed by atoms with Crippen LogP contribution in [0.4, 0.5) is 4.39 Å². The number of pyridine rings is 1. The minimum absolute atomic E-state index is 0.0501. The Hall–Kier alpha value is -2.27. The van der Waals surface area contributed by atoms with Gasteiger partial charge < -0.3 is 5.32 Å². The van der Waals surface area contributed by atoms with Crippen LogP contribution in [0.2, 0.25) is 0 Å². The smallest absolute Gasteiger partial charge is 0.217 e. The summed E-state index contributed by atoms with van der Waals surface area (Å²) in [5.74, 6) is -0.201. The summed E-state index contributed by atoms with van der Waals surface area (Å²) in [5.41, 5.74) is 2.72. The SMILES string of the molecule is CC(=O)NCc1ccc([C@H]2CCCN2Cc2ccccc2F)nc1. The highest BCUT2D eigenvalue weighted by atomic mass is 19.1. The Balaban J connectivity index is 1.69. The number of hydrogen-bond donors (Lipinski definition) is 1. The fourth-order valence-electron chi connectivity index (χ4n) is 3.16. The van der Waals surface area contributed by atoms with Crippen molar-refractivity contribution < 1.29 is 9.18 Å². The average Bonchev–Trinajstić information content (AvgIpc) is 3.04. The summed E-state index contributed by atoms with van der Waals surface area (Å²) < 4.78 is 13.9. The molecule has 2 aromatic rings. The lowest BCUT2D eigenvalue weighted by molar-refractivity contribution is -0.119. The zero-order valence-corrected chi connectivity index (χ0v) is 13.8. The summed E-state index contributed by atoms with van der Waals surface area (Å²) in [7, 11) is 0. The molecule has 1 amide bonds. The molecule has 0 saturated carbocycles. The number of likely N-dealkylation sites (tertiary alicyclic amines) is 1. The Morgan fingerprint density at radius 3 is 2.88 bits per heavy atom. The van der Waals surface area contributed by atoms with Crippen molar-refractivity contribution in [3.63, 3.8) is 0 Å². The summed E-state index contributed by atoms with van der Waals surface area (Å²) in [6.45, 7) is 3.55. The minimum atomic E-state index is -0.151. The maximum absolute atomic E-state index is 13.9. The molecule has 2 heterocycles. The number of benzene rings is 1. The highest BCUT2D eigenvalue weighted by Crippen LogP contribution is 2.32. The predicted molar refractivity (Wildman–Crippen MR) is 90.5 cm³/mol. The lowest BCUT2D eigenvalue weighted by Crippen LogP contribution is -2.24. The predicted octanol–water partition coefficient (Wildman–Crippen LogP) is 3.19. The number of halogens is 1. The molecule has 3 rings (SSSR count). The molecule has 1 saturated heterocycles. The number of carbonyl (C=O) groups excluding carboxylic acids is 1. The highest BCUT2D eigenvalue weighted by Gasteiger charge is 2.27. The van der Waals surface area contributed by atoms with Crippen molar-refractivity contribution in [2.75, 3.05) is 6.54 Å². The summed E-state index contributed by atoms with van der Waals surface area (Å²) in [6, 6.07) is 11.2. The van der Waals surface area contributed by atoms with Crippen LogP contribution in [0.5, 0.6) is 0 Å². The van der Waals surface area contributed by atoms with Crippen LogP contribution in [0.15, 0.2) is 42.6 Å². The van der Waals surface area contributed by atoms with Gasteiger partial charge in [-0.2, -0.15) is 0 Å². The van der Waals surface area contributed by atoms with Gasteiger partial charge in [-0.05, 0) is 37.1 Å². The van der Waals surface area contributed by atoms with Crippen LogP contribution in [0.3, 0.4) is 0 Å². The number of rotatable bonds is 5. The van der Waals surface area contributed by atoms with Gasteiger partial charge in [0.15, 0.2) is 0 Å². The monoisotopic (exact) mass is 327 g/mol. The Kier molecular flexibility index (Phi) is 5.20. The van der Waals surface area contributed by atoms with Crippen LogP contribution in [0, 0.1) is 5.82 Å². The fraction of sp³-hybridized carbons (Fsp3) is 0.368. The van der Waals surface area contributed by atoms with Crippen LogP contribution in [0.25, 0.3) is 0 Å². The first-order valence-corrected chi connectivity index (χ1v) is 8.30. The molecule has 0 spiro atoms. The summed E-state index contributed by atoms with van der Waals surface area (Å²) >= 11 is 0. The van der Waals surface area contributed by atoms with Crippen molar-refractivity contribution in [1.82, 2.24) is 15.2 Å². The van der Waals surface area contributed by atoms with Gasteiger partial charge in [0.05, 0.1) is 11.7 Å². The maximum atomic E-state index is 13.9. The molecule has 0 bridgehead atoms. The van der Waals surface area contributed by atoms with Gasteiger partial charge in [-0.15, -0.1) is 0 Å². The van der Waals surface area contributed by atoms with Gasteiger partial charge >= 0.3 is 0 Å². The summed E-state index contributed by atoms with van der Waals surface area (Å²) in [5, 5.41) is 2.77. The van der Waals surface area contributed by atoms with E-state index < -0.39 is 0 Å². The van der Waals surface area contributed by atoms with Crippen molar-refractivity contribution in [2.24, 2.45) is 0 Å². The maximum Gasteiger partial charge on any atom is 0.217 e. The van der Waals surface area contributed by atoms with E-state index in [1.165, 1.54) is 13.0 Å². The topological polar surface area (TPSA) is 45.2 Å². The Labute approximate surface area is 141 Å². The van der Waals surface area contributed by atoms with Crippen molar-refractivity contribution in [3.8, 4) is 0 Å². The molecular weight excluding hydrogens is 305 g/mol. The van der Waals surface area contributed by atoms with E-state index in [2.05, 4.69) is 15.2 Å². The number of nitrogens with one attached hydrogen (secondary N) is 1. The largest absolute Gasteiger partial charge is 0.352 e. The van der Waals surface area contributed by atoms with E-state index in [0.717, 1.165) is 36.2 Å². The van der Waals surface area contributed by atoms with E-state index in [1.807, 2.05) is 30.5 Å². The van der Waals surface area contributed by atoms with Crippen LogP contribution in [-0.4, -0.2) is 22.3 Å². The lowest BCUT2D eigenvalue weighted by atomic mass is 10.1. The van der Waals surface area contributed by atoms with Crippen LogP contribution in [-0.2, 0) is 17.9 Å². The fourth-order valence-corrected chi connectivity index (χ4v) is 3.16. The third kappa shape index (κ3) is 3.97. The molecular formula is C19H22FN3O. The van der Waals surface area contributed by atoms with Gasteiger partial charge in [-0.1, -0.05) is 24.3 Å². The zero-order chi connectivity index (χ0) is 16.9. The van der Waals surface area contributed by atoms with Crippen LogP contribution < -0.4 is 5.32 Å². The molecule has 4 nitrogen and oxygen atoms in total. The normalized spacial score (nSPS) is 17.8. The molecule has 1 aliphatic heterocycles. The molecule has 1 atom stereocenters. The molecule has 0 radical (unpaired) electrons. The van der Waals surface area contributed by atoms with E-state index >= 15 is 0 Å². The molecule has 0 aliphatic carbocycles. The third-order valence-electron chi connectivity index (χ3n) is 4.43. The molecule has 1 aromatic carbocycles. The minimum Gasteiger partial charge on any atom is -0.352 e. The first kappa shape index (κ1) is 16.6. The highest BCUT2D eigenvalue weighted by molar-refractivity contribution is 5.72. The van der Waals surface area contributed by atoms with Gasteiger partial charge in [0.1, 0.15) is 5.82 Å². The van der Waals surface area contributed by atoms with Crippen LogP contribution in [0.1, 0.15) is 42.6 Å². The molecule has 1 fully saturated rings. The standard InChI is InChI=1S/C19H22FN3O/c1-14(24)21-11-15-8-9-18(22-12-15)19-7-4-10-23(19)13-16-5-2-3-6-17(16)20/h2-3,5-6,8-9,12,19H,4,7,10-11,13H2,1H3,(H,21,24)/t19-/m1/s1. The first-order valence-electron chi connectivity index (χ1n) is 8.30. The van der Waals surface area contributed by atoms with Gasteiger partial charge in [0.25, 0.3) is 0 Å². The second kappa shape index (κ2) is 7.53.